The third-order valence-corrected chi connectivity index (χ3v) is 4.50. The monoisotopic (exact) mass is 521 g/mol. The fraction of sp³-hybridized carbons (Fsp3) is 0.350. The predicted molar refractivity (Wildman–Crippen MR) is 116 cm³/mol. The van der Waals surface area contributed by atoms with E-state index >= 15 is 0 Å². The summed E-state index contributed by atoms with van der Waals surface area (Å²) in [6, 6.07) is 13.9. The van der Waals surface area contributed by atoms with E-state index in [4.69, 9.17) is 4.74 Å². The first-order valence-corrected chi connectivity index (χ1v) is 8.84. The molecular weight excluding hydrogens is 498 g/mol. The van der Waals surface area contributed by atoms with Crippen molar-refractivity contribution < 1.29 is 22.6 Å². The van der Waals surface area contributed by atoms with E-state index in [-0.39, 0.29) is 41.7 Å². The minimum atomic E-state index is -4.70. The molecule has 2 aromatic carbocycles. The molecule has 0 bridgehead atoms. The molecule has 0 heterocycles. The lowest BCUT2D eigenvalue weighted by atomic mass is 10.1. The zero-order valence-corrected chi connectivity index (χ0v) is 18.3. The van der Waals surface area contributed by atoms with E-state index in [1.54, 1.807) is 26.3 Å². The maximum Gasteiger partial charge on any atom is 0.573 e. The van der Waals surface area contributed by atoms with Crippen LogP contribution in [0.25, 0.3) is 0 Å². The van der Waals surface area contributed by atoms with E-state index in [0.717, 1.165) is 11.3 Å². The maximum absolute atomic E-state index is 12.6. The van der Waals surface area contributed by atoms with E-state index in [0.29, 0.717) is 24.5 Å². The molecule has 3 rings (SSSR count). The molecule has 5 nitrogen and oxygen atoms in total. The largest absolute Gasteiger partial charge is 0.573 e. The number of nitrogens with one attached hydrogen (secondary N) is 2. The molecule has 2 N–H and O–H groups in total. The molecule has 0 radical (unpaired) electrons. The lowest BCUT2D eigenvalue weighted by Gasteiger charge is -2.14. The van der Waals surface area contributed by atoms with Crippen LogP contribution in [-0.2, 0) is 6.54 Å². The number of methoxy groups -OCH3 is 1. The number of hydrogen-bond acceptors (Lipinski definition) is 3. The maximum atomic E-state index is 12.6. The Labute approximate surface area is 184 Å². The summed E-state index contributed by atoms with van der Waals surface area (Å²) in [5.41, 5.74) is 1.60. The minimum absolute atomic E-state index is 0. The van der Waals surface area contributed by atoms with Gasteiger partial charge in [-0.25, -0.2) is 0 Å². The van der Waals surface area contributed by atoms with Crippen molar-refractivity contribution in [3.63, 3.8) is 0 Å². The topological polar surface area (TPSA) is 54.9 Å². The Hall–Kier alpha value is -2.17. The van der Waals surface area contributed by atoms with Gasteiger partial charge in [0, 0.05) is 25.6 Å². The Balaban J connectivity index is 0.00000300. The van der Waals surface area contributed by atoms with Gasteiger partial charge in [0.25, 0.3) is 0 Å². The number of ether oxygens (including phenoxy) is 2. The van der Waals surface area contributed by atoms with Crippen molar-refractivity contribution in [1.29, 1.82) is 0 Å². The molecule has 2 unspecified atom stereocenters. The molecule has 2 aromatic rings. The predicted octanol–water partition coefficient (Wildman–Crippen LogP) is 4.43. The molecule has 0 aliphatic heterocycles. The van der Waals surface area contributed by atoms with Crippen LogP contribution in [0.3, 0.4) is 0 Å². The number of alkyl halides is 3. The number of para-hydroxylation sites is 1. The number of halogens is 4. The van der Waals surface area contributed by atoms with Crippen LogP contribution in [0.15, 0.2) is 53.5 Å². The van der Waals surface area contributed by atoms with Crippen LogP contribution in [0.4, 0.5) is 13.2 Å². The summed E-state index contributed by atoms with van der Waals surface area (Å²) in [5, 5.41) is 6.46. The summed E-state index contributed by atoms with van der Waals surface area (Å²) in [7, 11) is 3.27. The van der Waals surface area contributed by atoms with Gasteiger partial charge in [0.05, 0.1) is 7.11 Å². The quantitative estimate of drug-likeness (QED) is 0.336. The molecule has 9 heteroatoms. The van der Waals surface area contributed by atoms with Crippen molar-refractivity contribution in [2.75, 3.05) is 14.2 Å². The molecule has 1 aliphatic rings. The van der Waals surface area contributed by atoms with Gasteiger partial charge in [0.1, 0.15) is 11.5 Å². The highest BCUT2D eigenvalue weighted by molar-refractivity contribution is 14.0. The summed E-state index contributed by atoms with van der Waals surface area (Å²) in [5.74, 6) is 1.17. The molecular formula is C20H23F3IN3O2. The van der Waals surface area contributed by atoms with E-state index in [1.165, 1.54) is 12.1 Å². The van der Waals surface area contributed by atoms with Crippen molar-refractivity contribution in [3.05, 3.63) is 59.7 Å². The average Bonchev–Trinajstić information content (AvgIpc) is 3.43. The first kappa shape index (κ1) is 23.1. The Kier molecular flexibility index (Phi) is 8.00. The van der Waals surface area contributed by atoms with Crippen LogP contribution in [0.5, 0.6) is 11.5 Å². The highest BCUT2D eigenvalue weighted by atomic mass is 127. The Morgan fingerprint density at radius 3 is 2.45 bits per heavy atom. The molecule has 1 aliphatic carbocycles. The number of nitrogens with zero attached hydrogens (tertiary/aromatic N) is 1. The Morgan fingerprint density at radius 1 is 1.14 bits per heavy atom. The first-order chi connectivity index (χ1) is 13.4. The van der Waals surface area contributed by atoms with E-state index in [2.05, 4.69) is 20.4 Å². The fourth-order valence-corrected chi connectivity index (χ4v) is 3.00. The molecule has 1 fully saturated rings. The Bertz CT molecular complexity index is 828. The molecule has 0 saturated heterocycles. The average molecular weight is 521 g/mol. The van der Waals surface area contributed by atoms with Crippen LogP contribution in [0, 0.1) is 0 Å². The summed E-state index contributed by atoms with van der Waals surface area (Å²) in [6.45, 7) is 0.564. The standard InChI is InChI=1S/C20H22F3N3O2.HI/c1-24-19(25-12-13-7-9-14(27-2)10-8-13)26-17-11-16(17)15-5-3-4-6-18(15)28-20(21,22)23;/h3-10,16-17H,11-12H2,1-2H3,(H2,24,25,26);1H. The number of benzene rings is 2. The van der Waals surface area contributed by atoms with E-state index < -0.39 is 6.36 Å². The Morgan fingerprint density at radius 2 is 1.83 bits per heavy atom. The third-order valence-electron chi connectivity index (χ3n) is 4.50. The zero-order valence-electron chi connectivity index (χ0n) is 16.0. The van der Waals surface area contributed by atoms with Gasteiger partial charge in [0.2, 0.25) is 0 Å². The van der Waals surface area contributed by atoms with Crippen LogP contribution < -0.4 is 20.1 Å². The second kappa shape index (κ2) is 10.0. The second-order valence-electron chi connectivity index (χ2n) is 6.45. The molecule has 29 heavy (non-hydrogen) atoms. The van der Waals surface area contributed by atoms with E-state index in [1.807, 2.05) is 24.3 Å². The highest BCUT2D eigenvalue weighted by Crippen LogP contribution is 2.45. The van der Waals surface area contributed by atoms with Crippen LogP contribution in [0.2, 0.25) is 0 Å². The van der Waals surface area contributed by atoms with Crippen LogP contribution in [0.1, 0.15) is 23.5 Å². The van der Waals surface area contributed by atoms with Gasteiger partial charge >= 0.3 is 6.36 Å². The lowest BCUT2D eigenvalue weighted by Crippen LogP contribution is -2.38. The molecule has 2 atom stereocenters. The number of hydrogen-bond donors (Lipinski definition) is 2. The third kappa shape index (κ3) is 6.69. The van der Waals surface area contributed by atoms with Crippen molar-refractivity contribution in [2.24, 2.45) is 4.99 Å². The van der Waals surface area contributed by atoms with Gasteiger partial charge in [-0.05, 0) is 35.7 Å². The van der Waals surface area contributed by atoms with Crippen molar-refractivity contribution in [1.82, 2.24) is 10.6 Å². The molecule has 0 spiro atoms. The molecule has 158 valence electrons. The van der Waals surface area contributed by atoms with E-state index in [9.17, 15) is 13.2 Å². The minimum Gasteiger partial charge on any atom is -0.497 e. The van der Waals surface area contributed by atoms with Crippen LogP contribution in [-0.4, -0.2) is 32.5 Å². The summed E-state index contributed by atoms with van der Waals surface area (Å²) < 4.78 is 47.1. The number of rotatable bonds is 6. The van der Waals surface area contributed by atoms with Crippen molar-refractivity contribution >= 4 is 29.9 Å². The molecule has 1 saturated carbocycles. The first-order valence-electron chi connectivity index (χ1n) is 8.84. The summed E-state index contributed by atoms with van der Waals surface area (Å²) in [6.07, 6.45) is -3.99. The zero-order chi connectivity index (χ0) is 20.1. The SMILES string of the molecule is CN=C(NCc1ccc(OC)cc1)NC1CC1c1ccccc1OC(F)(F)F.I. The van der Waals surface area contributed by atoms with Gasteiger partial charge in [0.15, 0.2) is 5.96 Å². The van der Waals surface area contributed by atoms with Gasteiger partial charge in [-0.15, -0.1) is 37.1 Å². The van der Waals surface area contributed by atoms with Crippen molar-refractivity contribution in [3.8, 4) is 11.5 Å². The van der Waals surface area contributed by atoms with Crippen LogP contribution >= 0.6 is 24.0 Å². The molecule has 0 amide bonds. The fourth-order valence-electron chi connectivity index (χ4n) is 3.00. The van der Waals surface area contributed by atoms with Gasteiger partial charge < -0.3 is 20.1 Å². The van der Waals surface area contributed by atoms with Crippen molar-refractivity contribution in [2.45, 2.75) is 31.3 Å². The van der Waals surface area contributed by atoms with Gasteiger partial charge in [-0.3, -0.25) is 4.99 Å². The second-order valence-corrected chi connectivity index (χ2v) is 6.45. The number of aliphatic imine (C=N–C) groups is 1. The van der Waals surface area contributed by atoms with Gasteiger partial charge in [-0.1, -0.05) is 30.3 Å². The summed E-state index contributed by atoms with van der Waals surface area (Å²) >= 11 is 0. The number of guanidine groups is 1. The summed E-state index contributed by atoms with van der Waals surface area (Å²) in [4.78, 5) is 4.19. The smallest absolute Gasteiger partial charge is 0.497 e. The highest BCUT2D eigenvalue weighted by Gasteiger charge is 2.42. The normalized spacial score (nSPS) is 18.4. The molecule has 0 aromatic heterocycles. The lowest BCUT2D eigenvalue weighted by molar-refractivity contribution is -0.274. The van der Waals surface area contributed by atoms with Gasteiger partial charge in [-0.2, -0.15) is 0 Å².